The molecule has 0 bridgehead atoms. The highest BCUT2D eigenvalue weighted by atomic mass is 19.2. The third-order valence-electron chi connectivity index (χ3n) is 2.93. The van der Waals surface area contributed by atoms with Crippen LogP contribution in [0.1, 0.15) is 12.8 Å². The van der Waals surface area contributed by atoms with Crippen molar-refractivity contribution in [3.05, 3.63) is 23.8 Å². The van der Waals surface area contributed by atoms with E-state index in [-0.39, 0.29) is 24.2 Å². The summed E-state index contributed by atoms with van der Waals surface area (Å²) in [5.41, 5.74) is 0.559. The maximum absolute atomic E-state index is 13.7. The third kappa shape index (κ3) is 1.35. The minimum absolute atomic E-state index is 0.109. The summed E-state index contributed by atoms with van der Waals surface area (Å²) in [5, 5.41) is 2.55. The van der Waals surface area contributed by atoms with Gasteiger partial charge in [0.15, 0.2) is 11.6 Å². The topological polar surface area (TPSA) is 32.3 Å². The summed E-state index contributed by atoms with van der Waals surface area (Å²) < 4.78 is 26.8. The van der Waals surface area contributed by atoms with Crippen LogP contribution in [0, 0.1) is 11.6 Å². The second-order valence-electron chi connectivity index (χ2n) is 4.16. The van der Waals surface area contributed by atoms with Crippen LogP contribution >= 0.6 is 0 Å². The number of hydrogen-bond donors (Lipinski definition) is 1. The number of fused-ring (bicyclic) bond motifs is 1. The Balaban J connectivity index is 2.13. The molecule has 84 valence electrons. The van der Waals surface area contributed by atoms with Crippen molar-refractivity contribution in [3.8, 4) is 0 Å². The Hall–Kier alpha value is -1.65. The average Bonchev–Trinajstić information content (AvgIpc) is 3.06. The molecule has 0 radical (unpaired) electrons. The van der Waals surface area contributed by atoms with Crippen LogP contribution in [0.15, 0.2) is 12.1 Å². The minimum atomic E-state index is -0.874. The molecule has 1 heterocycles. The zero-order valence-electron chi connectivity index (χ0n) is 8.46. The van der Waals surface area contributed by atoms with Crippen molar-refractivity contribution in [2.24, 2.45) is 0 Å². The molecular weight excluding hydrogens is 214 g/mol. The predicted octanol–water partition coefficient (Wildman–Crippen LogP) is 1.89. The van der Waals surface area contributed by atoms with E-state index in [0.717, 1.165) is 18.9 Å². The fourth-order valence-electron chi connectivity index (χ4n) is 2.04. The number of halogens is 2. The van der Waals surface area contributed by atoms with Gasteiger partial charge in [-0.3, -0.25) is 4.79 Å². The largest absolute Gasteiger partial charge is 0.355 e. The zero-order chi connectivity index (χ0) is 11.3. The fourth-order valence-corrected chi connectivity index (χ4v) is 2.04. The zero-order valence-corrected chi connectivity index (χ0v) is 8.46. The minimum Gasteiger partial charge on any atom is -0.355 e. The number of nitrogens with zero attached hydrogens (tertiary/aromatic N) is 1. The Kier molecular flexibility index (Phi) is 1.89. The first-order valence-corrected chi connectivity index (χ1v) is 5.21. The molecule has 1 fully saturated rings. The van der Waals surface area contributed by atoms with E-state index in [1.807, 2.05) is 0 Å². The van der Waals surface area contributed by atoms with Crippen molar-refractivity contribution in [1.82, 2.24) is 0 Å². The van der Waals surface area contributed by atoms with E-state index in [1.54, 1.807) is 4.90 Å². The number of nitrogens with one attached hydrogen (secondary N) is 1. The predicted molar refractivity (Wildman–Crippen MR) is 55.4 cm³/mol. The van der Waals surface area contributed by atoms with Crippen LogP contribution in [0.4, 0.5) is 20.2 Å². The highest BCUT2D eigenvalue weighted by Gasteiger charge is 2.36. The van der Waals surface area contributed by atoms with Gasteiger partial charge in [-0.25, -0.2) is 8.78 Å². The average molecular weight is 224 g/mol. The summed E-state index contributed by atoms with van der Waals surface area (Å²) in [7, 11) is 0. The quantitative estimate of drug-likeness (QED) is 0.790. The van der Waals surface area contributed by atoms with Crippen molar-refractivity contribution in [2.45, 2.75) is 18.9 Å². The Labute approximate surface area is 91.0 Å². The standard InChI is InChI=1S/C11H10F2N2O/c12-7-3-4-8-11(10(7)13)15(6-1-2-6)5-9(16)14-8/h3-4,6H,1-2,5H2,(H,14,16). The number of rotatable bonds is 1. The molecule has 1 aliphatic heterocycles. The molecule has 0 spiro atoms. The summed E-state index contributed by atoms with van der Waals surface area (Å²) in [5.74, 6) is -1.92. The maximum atomic E-state index is 13.7. The van der Waals surface area contributed by atoms with Crippen LogP contribution in [0.2, 0.25) is 0 Å². The molecule has 1 aromatic carbocycles. The molecule has 1 aliphatic carbocycles. The summed E-state index contributed by atoms with van der Waals surface area (Å²) in [6.45, 7) is 0.109. The lowest BCUT2D eigenvalue weighted by Gasteiger charge is -2.31. The van der Waals surface area contributed by atoms with Crippen molar-refractivity contribution < 1.29 is 13.6 Å². The van der Waals surface area contributed by atoms with Gasteiger partial charge in [0.25, 0.3) is 0 Å². The summed E-state index contributed by atoms with van der Waals surface area (Å²) in [6.07, 6.45) is 1.87. The fraction of sp³-hybridized carbons (Fsp3) is 0.364. The van der Waals surface area contributed by atoms with Gasteiger partial charge in [-0.2, -0.15) is 0 Å². The first-order valence-electron chi connectivity index (χ1n) is 5.21. The van der Waals surface area contributed by atoms with E-state index < -0.39 is 11.6 Å². The van der Waals surface area contributed by atoms with E-state index in [9.17, 15) is 13.6 Å². The lowest BCUT2D eigenvalue weighted by Crippen LogP contribution is -2.40. The summed E-state index contributed by atoms with van der Waals surface area (Å²) in [6, 6.07) is 2.62. The summed E-state index contributed by atoms with van der Waals surface area (Å²) >= 11 is 0. The van der Waals surface area contributed by atoms with Crippen LogP contribution in [0.25, 0.3) is 0 Å². The molecule has 1 aromatic rings. The Morgan fingerprint density at radius 2 is 2.06 bits per heavy atom. The summed E-state index contributed by atoms with van der Waals surface area (Å²) in [4.78, 5) is 13.1. The van der Waals surface area contributed by atoms with Gasteiger partial charge in [-0.1, -0.05) is 0 Å². The van der Waals surface area contributed by atoms with Gasteiger partial charge >= 0.3 is 0 Å². The smallest absolute Gasteiger partial charge is 0.243 e. The van der Waals surface area contributed by atoms with Gasteiger partial charge < -0.3 is 10.2 Å². The van der Waals surface area contributed by atoms with Crippen LogP contribution in [0.5, 0.6) is 0 Å². The molecule has 2 aliphatic rings. The van der Waals surface area contributed by atoms with E-state index in [1.165, 1.54) is 6.07 Å². The van der Waals surface area contributed by atoms with E-state index in [0.29, 0.717) is 5.69 Å². The van der Waals surface area contributed by atoms with Crippen LogP contribution < -0.4 is 10.2 Å². The molecule has 0 atom stereocenters. The lowest BCUT2D eigenvalue weighted by molar-refractivity contribution is -0.115. The second-order valence-corrected chi connectivity index (χ2v) is 4.16. The van der Waals surface area contributed by atoms with Crippen molar-refractivity contribution in [1.29, 1.82) is 0 Å². The van der Waals surface area contributed by atoms with Crippen LogP contribution in [-0.4, -0.2) is 18.5 Å². The lowest BCUT2D eigenvalue weighted by atomic mass is 10.1. The molecule has 1 saturated carbocycles. The molecule has 1 amide bonds. The van der Waals surface area contributed by atoms with Gasteiger partial charge in [0.2, 0.25) is 5.91 Å². The van der Waals surface area contributed by atoms with Crippen LogP contribution in [0.3, 0.4) is 0 Å². The Bertz CT molecular complexity index is 471. The first-order chi connectivity index (χ1) is 7.66. The number of benzene rings is 1. The number of carbonyl (C=O) groups is 1. The molecule has 3 rings (SSSR count). The molecular formula is C11H10F2N2O. The van der Waals surface area contributed by atoms with Crippen LogP contribution in [-0.2, 0) is 4.79 Å². The monoisotopic (exact) mass is 224 g/mol. The first kappa shape index (κ1) is 9.57. The second kappa shape index (κ2) is 3.17. The highest BCUT2D eigenvalue weighted by Crippen LogP contribution is 2.40. The van der Waals surface area contributed by atoms with E-state index in [2.05, 4.69) is 5.32 Å². The van der Waals surface area contributed by atoms with Gasteiger partial charge in [-0.15, -0.1) is 0 Å². The van der Waals surface area contributed by atoms with E-state index >= 15 is 0 Å². The maximum Gasteiger partial charge on any atom is 0.243 e. The molecule has 0 saturated heterocycles. The van der Waals surface area contributed by atoms with Crippen molar-refractivity contribution in [2.75, 3.05) is 16.8 Å². The number of amides is 1. The molecule has 3 nitrogen and oxygen atoms in total. The van der Waals surface area contributed by atoms with Gasteiger partial charge in [-0.05, 0) is 25.0 Å². The molecule has 1 N–H and O–H groups in total. The third-order valence-corrected chi connectivity index (χ3v) is 2.93. The Morgan fingerprint density at radius 3 is 2.75 bits per heavy atom. The number of hydrogen-bond acceptors (Lipinski definition) is 2. The van der Waals surface area contributed by atoms with Gasteiger partial charge in [0.1, 0.15) is 5.69 Å². The van der Waals surface area contributed by atoms with Gasteiger partial charge in [0.05, 0.1) is 12.2 Å². The molecule has 0 aromatic heterocycles. The number of carbonyl (C=O) groups excluding carboxylic acids is 1. The number of anilines is 2. The molecule has 16 heavy (non-hydrogen) atoms. The van der Waals surface area contributed by atoms with Crippen molar-refractivity contribution in [3.63, 3.8) is 0 Å². The normalized spacial score (nSPS) is 19.4. The Morgan fingerprint density at radius 1 is 1.31 bits per heavy atom. The highest BCUT2D eigenvalue weighted by molar-refractivity contribution is 6.01. The van der Waals surface area contributed by atoms with Gasteiger partial charge in [0, 0.05) is 6.04 Å². The molecule has 5 heteroatoms. The molecule has 0 unspecified atom stereocenters. The van der Waals surface area contributed by atoms with E-state index in [4.69, 9.17) is 0 Å². The van der Waals surface area contributed by atoms with Crippen molar-refractivity contribution >= 4 is 17.3 Å². The SMILES string of the molecule is O=C1CN(C2CC2)c2c(ccc(F)c2F)N1.